The van der Waals surface area contributed by atoms with Crippen molar-refractivity contribution in [1.29, 1.82) is 0 Å². The summed E-state index contributed by atoms with van der Waals surface area (Å²) in [5.74, 6) is -0.592. The Morgan fingerprint density at radius 2 is 0.698 bits per heavy atom. The lowest BCUT2D eigenvalue weighted by atomic mass is 10.00. The van der Waals surface area contributed by atoms with Gasteiger partial charge >= 0.3 is 0 Å². The fraction of sp³-hybridized carbons (Fsp3) is 0.877. The van der Waals surface area contributed by atoms with Gasteiger partial charge in [-0.05, 0) is 70.6 Å². The molecule has 0 saturated carbocycles. The first-order valence-electron chi connectivity index (χ1n) is 27.9. The number of hydrogen-bond acceptors (Lipinski definition) is 5. The summed E-state index contributed by atoms with van der Waals surface area (Å²) in [4.78, 5) is 12.6. The summed E-state index contributed by atoms with van der Waals surface area (Å²) >= 11 is 0. The predicted molar refractivity (Wildman–Crippen MR) is 274 cm³/mol. The molecule has 0 aromatic rings. The number of unbranched alkanes of at least 4 members (excludes halogenated alkanes) is 36. The number of hydrogen-bond donors (Lipinski definition) is 5. The lowest BCUT2D eigenvalue weighted by molar-refractivity contribution is -0.132. The van der Waals surface area contributed by atoms with Gasteiger partial charge in [0.2, 0.25) is 5.91 Å². The van der Waals surface area contributed by atoms with Gasteiger partial charge in [0.05, 0.1) is 18.8 Å². The van der Waals surface area contributed by atoms with E-state index in [4.69, 9.17) is 0 Å². The molecule has 4 atom stereocenters. The van der Waals surface area contributed by atoms with Gasteiger partial charge in [0, 0.05) is 0 Å². The monoisotopic (exact) mass is 888 g/mol. The molecule has 0 heterocycles. The smallest absolute Gasteiger partial charge is 0.249 e. The van der Waals surface area contributed by atoms with Gasteiger partial charge in [-0.2, -0.15) is 0 Å². The summed E-state index contributed by atoms with van der Waals surface area (Å²) in [7, 11) is 0. The van der Waals surface area contributed by atoms with Crippen LogP contribution < -0.4 is 5.32 Å². The molecule has 6 heteroatoms. The van der Waals surface area contributed by atoms with E-state index < -0.39 is 36.9 Å². The van der Waals surface area contributed by atoms with Crippen LogP contribution in [0.4, 0.5) is 0 Å². The third-order valence-corrected chi connectivity index (χ3v) is 13.1. The highest BCUT2D eigenvalue weighted by Gasteiger charge is 2.28. The second-order valence-electron chi connectivity index (χ2n) is 19.3. The van der Waals surface area contributed by atoms with Gasteiger partial charge in [-0.3, -0.25) is 4.79 Å². The Morgan fingerprint density at radius 1 is 0.397 bits per heavy atom. The summed E-state index contributed by atoms with van der Waals surface area (Å²) in [5, 5.41) is 43.8. The van der Waals surface area contributed by atoms with Crippen LogP contribution in [0.1, 0.15) is 290 Å². The Labute approximate surface area is 392 Å². The average Bonchev–Trinajstić information content (AvgIpc) is 3.29. The zero-order valence-electron chi connectivity index (χ0n) is 42.1. The van der Waals surface area contributed by atoms with Crippen molar-refractivity contribution in [3.05, 3.63) is 36.5 Å². The SMILES string of the molecule is CCCCCCCCCC/C=C/CCCC(O)C(O)C(CO)NC(=O)C(O)CCCCCCCCCCCCCCCCCC/C=C\C/C=C\CCCCCCCCCCCCC. The Bertz CT molecular complexity index is 997. The quantitative estimate of drug-likeness (QED) is 0.0309. The molecule has 0 saturated heterocycles. The molecule has 0 rings (SSSR count). The van der Waals surface area contributed by atoms with Gasteiger partial charge in [-0.1, -0.05) is 256 Å². The number of carbonyl (C=O) groups is 1. The van der Waals surface area contributed by atoms with Crippen LogP contribution in [0.25, 0.3) is 0 Å². The molecule has 0 bridgehead atoms. The molecule has 0 fully saturated rings. The molecular weight excluding hydrogens is 779 g/mol. The molecule has 5 N–H and O–H groups in total. The lowest BCUT2D eigenvalue weighted by Gasteiger charge is -2.27. The Morgan fingerprint density at radius 3 is 1.05 bits per heavy atom. The summed E-state index contributed by atoms with van der Waals surface area (Å²) in [5.41, 5.74) is 0. The van der Waals surface area contributed by atoms with Crippen LogP contribution in [-0.4, -0.2) is 57.3 Å². The number of rotatable bonds is 51. The van der Waals surface area contributed by atoms with Crippen molar-refractivity contribution in [1.82, 2.24) is 5.32 Å². The van der Waals surface area contributed by atoms with E-state index in [1.165, 1.54) is 218 Å². The first-order valence-corrected chi connectivity index (χ1v) is 27.9. The highest BCUT2D eigenvalue weighted by Crippen LogP contribution is 2.17. The van der Waals surface area contributed by atoms with E-state index in [9.17, 15) is 25.2 Å². The second-order valence-corrected chi connectivity index (χ2v) is 19.3. The van der Waals surface area contributed by atoms with Gasteiger partial charge < -0.3 is 25.7 Å². The minimum absolute atomic E-state index is 0.364. The Hall–Kier alpha value is -1.47. The summed E-state index contributed by atoms with van der Waals surface area (Å²) in [6, 6.07) is -1.00. The summed E-state index contributed by atoms with van der Waals surface area (Å²) < 4.78 is 0. The lowest BCUT2D eigenvalue weighted by Crippen LogP contribution is -2.53. The van der Waals surface area contributed by atoms with Crippen molar-refractivity contribution in [2.75, 3.05) is 6.61 Å². The molecule has 4 unspecified atom stereocenters. The van der Waals surface area contributed by atoms with E-state index in [2.05, 4.69) is 55.6 Å². The summed E-state index contributed by atoms with van der Waals surface area (Å²) in [6.45, 7) is 4.05. The van der Waals surface area contributed by atoms with Crippen molar-refractivity contribution in [3.8, 4) is 0 Å². The molecular formula is C57H109NO5. The number of carbonyl (C=O) groups excluding carboxylic acids is 1. The highest BCUT2D eigenvalue weighted by molar-refractivity contribution is 5.80. The van der Waals surface area contributed by atoms with Crippen molar-refractivity contribution in [3.63, 3.8) is 0 Å². The molecule has 6 nitrogen and oxygen atoms in total. The van der Waals surface area contributed by atoms with E-state index in [-0.39, 0.29) is 0 Å². The van der Waals surface area contributed by atoms with Crippen molar-refractivity contribution >= 4 is 5.91 Å². The predicted octanol–water partition coefficient (Wildman–Crippen LogP) is 16.0. The van der Waals surface area contributed by atoms with E-state index in [0.717, 1.165) is 44.9 Å². The molecule has 0 aliphatic carbocycles. The van der Waals surface area contributed by atoms with Crippen molar-refractivity contribution < 1.29 is 25.2 Å². The molecule has 0 spiro atoms. The van der Waals surface area contributed by atoms with Crippen LogP contribution in [-0.2, 0) is 4.79 Å². The van der Waals surface area contributed by atoms with E-state index in [1.807, 2.05) is 0 Å². The zero-order valence-corrected chi connectivity index (χ0v) is 42.1. The maximum atomic E-state index is 12.6. The van der Waals surface area contributed by atoms with Crippen LogP contribution in [0, 0.1) is 0 Å². The first kappa shape index (κ1) is 61.5. The number of nitrogens with one attached hydrogen (secondary N) is 1. The van der Waals surface area contributed by atoms with Gasteiger partial charge in [-0.15, -0.1) is 0 Å². The zero-order chi connectivity index (χ0) is 45.9. The fourth-order valence-corrected chi connectivity index (χ4v) is 8.67. The van der Waals surface area contributed by atoms with Crippen LogP contribution in [0.3, 0.4) is 0 Å². The van der Waals surface area contributed by atoms with Crippen LogP contribution >= 0.6 is 0 Å². The molecule has 0 aliphatic heterocycles. The molecule has 372 valence electrons. The van der Waals surface area contributed by atoms with Gasteiger partial charge in [0.1, 0.15) is 12.2 Å². The summed E-state index contributed by atoms with van der Waals surface area (Å²) in [6.07, 6.45) is 63.7. The first-order chi connectivity index (χ1) is 31.0. The van der Waals surface area contributed by atoms with Gasteiger partial charge in [-0.25, -0.2) is 0 Å². The van der Waals surface area contributed by atoms with Crippen molar-refractivity contribution in [2.45, 2.75) is 314 Å². The maximum absolute atomic E-state index is 12.6. The minimum atomic E-state index is -1.28. The average molecular weight is 889 g/mol. The molecule has 0 radical (unpaired) electrons. The van der Waals surface area contributed by atoms with Gasteiger partial charge in [0.15, 0.2) is 0 Å². The number of amides is 1. The minimum Gasteiger partial charge on any atom is -0.394 e. The van der Waals surface area contributed by atoms with Crippen LogP contribution in [0.5, 0.6) is 0 Å². The largest absolute Gasteiger partial charge is 0.394 e. The molecule has 1 amide bonds. The molecule has 0 aromatic heterocycles. The van der Waals surface area contributed by atoms with E-state index in [0.29, 0.717) is 12.8 Å². The number of allylic oxidation sites excluding steroid dienone is 6. The highest BCUT2D eigenvalue weighted by atomic mass is 16.3. The maximum Gasteiger partial charge on any atom is 0.249 e. The fourth-order valence-electron chi connectivity index (χ4n) is 8.67. The standard InChI is InChI=1S/C57H109NO5/c1-3-5-7-9-11-13-15-17-18-19-20-21-22-23-24-25-26-27-28-29-30-31-32-33-34-35-36-37-39-41-43-45-47-49-51-55(61)57(63)58-53(52-59)56(62)54(60)50-48-46-44-42-40-38-16-14-12-10-8-6-4-2/h22-23,25-26,42,44,53-56,59-62H,3-21,24,27-41,43,45-52H2,1-2H3,(H,58,63)/b23-22-,26-25-,44-42+. The third kappa shape index (κ3) is 45.5. The van der Waals surface area contributed by atoms with Gasteiger partial charge in [0.25, 0.3) is 0 Å². The molecule has 0 aliphatic rings. The third-order valence-electron chi connectivity index (χ3n) is 13.1. The van der Waals surface area contributed by atoms with Crippen molar-refractivity contribution in [2.24, 2.45) is 0 Å². The van der Waals surface area contributed by atoms with E-state index >= 15 is 0 Å². The molecule has 0 aromatic carbocycles. The second kappa shape index (κ2) is 51.5. The Balaban J connectivity index is 3.57. The van der Waals surface area contributed by atoms with Crippen LogP contribution in [0.2, 0.25) is 0 Å². The number of aliphatic hydroxyl groups excluding tert-OH is 4. The molecule has 63 heavy (non-hydrogen) atoms. The normalized spacial score (nSPS) is 14.1. The van der Waals surface area contributed by atoms with Crippen LogP contribution in [0.15, 0.2) is 36.5 Å². The van der Waals surface area contributed by atoms with E-state index in [1.54, 1.807) is 0 Å². The Kier molecular flexibility index (Phi) is 50.3. The number of aliphatic hydroxyl groups is 4. The topological polar surface area (TPSA) is 110 Å².